The van der Waals surface area contributed by atoms with E-state index >= 15 is 0 Å². The lowest BCUT2D eigenvalue weighted by molar-refractivity contribution is 0.135. The Morgan fingerprint density at radius 2 is 2.30 bits per heavy atom. The van der Waals surface area contributed by atoms with E-state index in [4.69, 9.17) is 4.74 Å². The molecule has 5 heteroatoms. The minimum atomic E-state index is 0.229. The van der Waals surface area contributed by atoms with Gasteiger partial charge in [-0.15, -0.1) is 10.2 Å². The maximum Gasteiger partial charge on any atom is 0.165 e. The first-order chi connectivity index (χ1) is 9.84. The van der Waals surface area contributed by atoms with Gasteiger partial charge in [-0.2, -0.15) is 0 Å². The molecule has 1 aromatic heterocycles. The van der Waals surface area contributed by atoms with Crippen LogP contribution in [0.25, 0.3) is 11.4 Å². The van der Waals surface area contributed by atoms with E-state index in [0.717, 1.165) is 36.5 Å². The second-order valence-electron chi connectivity index (χ2n) is 4.90. The summed E-state index contributed by atoms with van der Waals surface area (Å²) in [7, 11) is 1.95. The predicted molar refractivity (Wildman–Crippen MR) is 78.2 cm³/mol. The maximum atomic E-state index is 5.58. The van der Waals surface area contributed by atoms with Gasteiger partial charge in [0.1, 0.15) is 12.4 Å². The average Bonchev–Trinajstić information content (AvgIpc) is 2.92. The molecule has 0 aliphatic carbocycles. The summed E-state index contributed by atoms with van der Waals surface area (Å²) in [6, 6.07) is 8.13. The zero-order valence-corrected chi connectivity index (χ0v) is 11.5. The van der Waals surface area contributed by atoms with Crippen LogP contribution in [-0.4, -0.2) is 27.4 Å². The van der Waals surface area contributed by atoms with Crippen molar-refractivity contribution in [3.8, 4) is 11.4 Å². The smallest absolute Gasteiger partial charge is 0.165 e. The fourth-order valence-corrected chi connectivity index (χ4v) is 2.32. The largest absolute Gasteiger partial charge is 0.497 e. The van der Waals surface area contributed by atoms with Crippen LogP contribution in [0.4, 0.5) is 5.69 Å². The van der Waals surface area contributed by atoms with Crippen molar-refractivity contribution >= 4 is 5.69 Å². The molecular weight excluding hydrogens is 252 g/mol. The fraction of sp³-hybridized carbons (Fsp3) is 0.333. The molecule has 2 aromatic rings. The maximum absolute atomic E-state index is 5.58. The molecule has 0 saturated carbocycles. The molecule has 0 fully saturated rings. The summed E-state index contributed by atoms with van der Waals surface area (Å²) >= 11 is 0. The summed E-state index contributed by atoms with van der Waals surface area (Å²) in [5, 5.41) is 11.6. The van der Waals surface area contributed by atoms with Crippen molar-refractivity contribution in [3.05, 3.63) is 42.9 Å². The molecule has 0 saturated heterocycles. The van der Waals surface area contributed by atoms with Crippen molar-refractivity contribution in [3.63, 3.8) is 0 Å². The molecule has 1 aromatic carbocycles. The van der Waals surface area contributed by atoms with Crippen molar-refractivity contribution in [2.45, 2.75) is 18.9 Å². The molecular formula is C15H18N4O. The van der Waals surface area contributed by atoms with Crippen LogP contribution in [0.1, 0.15) is 12.8 Å². The molecule has 0 spiro atoms. The number of para-hydroxylation sites is 1. The highest BCUT2D eigenvalue weighted by molar-refractivity contribution is 5.73. The number of aryl methyl sites for hydroxylation is 1. The number of hydrogen-bond donors (Lipinski definition) is 1. The van der Waals surface area contributed by atoms with Crippen LogP contribution < -0.4 is 5.32 Å². The minimum Gasteiger partial charge on any atom is -0.497 e. The zero-order valence-electron chi connectivity index (χ0n) is 11.5. The minimum absolute atomic E-state index is 0.229. The van der Waals surface area contributed by atoms with Crippen LogP contribution >= 0.6 is 0 Å². The molecule has 20 heavy (non-hydrogen) atoms. The van der Waals surface area contributed by atoms with E-state index < -0.39 is 0 Å². The Hall–Kier alpha value is -2.30. The third-order valence-corrected chi connectivity index (χ3v) is 3.42. The number of aromatic nitrogens is 3. The highest BCUT2D eigenvalue weighted by Gasteiger charge is 2.13. The Labute approximate surface area is 118 Å². The van der Waals surface area contributed by atoms with Crippen molar-refractivity contribution in [1.29, 1.82) is 0 Å². The van der Waals surface area contributed by atoms with Gasteiger partial charge in [-0.3, -0.25) is 0 Å². The molecule has 0 radical (unpaired) electrons. The molecule has 1 atom stereocenters. The number of benzene rings is 1. The van der Waals surface area contributed by atoms with Gasteiger partial charge in [0.05, 0.1) is 12.8 Å². The van der Waals surface area contributed by atoms with E-state index in [2.05, 4.69) is 27.7 Å². The van der Waals surface area contributed by atoms with E-state index in [-0.39, 0.29) is 6.10 Å². The van der Waals surface area contributed by atoms with Crippen LogP contribution in [0, 0.1) is 0 Å². The summed E-state index contributed by atoms with van der Waals surface area (Å²) in [5.41, 5.74) is 2.11. The normalized spacial score (nSPS) is 17.8. The van der Waals surface area contributed by atoms with Gasteiger partial charge >= 0.3 is 0 Å². The SMILES string of the molecule is Cn1cnnc1-c1ccccc1NCC1CCC=CO1. The summed E-state index contributed by atoms with van der Waals surface area (Å²) in [5.74, 6) is 0.859. The first kappa shape index (κ1) is 12.7. The van der Waals surface area contributed by atoms with Gasteiger partial charge in [-0.25, -0.2) is 0 Å². The second kappa shape index (κ2) is 5.77. The topological polar surface area (TPSA) is 52.0 Å². The number of nitrogens with zero attached hydrogens (tertiary/aromatic N) is 3. The van der Waals surface area contributed by atoms with Crippen molar-refractivity contribution in [2.75, 3.05) is 11.9 Å². The Balaban J connectivity index is 1.76. The van der Waals surface area contributed by atoms with Gasteiger partial charge in [0.15, 0.2) is 5.82 Å². The number of nitrogens with one attached hydrogen (secondary N) is 1. The van der Waals surface area contributed by atoms with Crippen LogP contribution in [0.3, 0.4) is 0 Å². The first-order valence-electron chi connectivity index (χ1n) is 6.82. The van der Waals surface area contributed by atoms with Crippen LogP contribution in [0.2, 0.25) is 0 Å². The monoisotopic (exact) mass is 270 g/mol. The van der Waals surface area contributed by atoms with E-state index in [1.54, 1.807) is 12.6 Å². The van der Waals surface area contributed by atoms with Gasteiger partial charge in [-0.05, 0) is 31.1 Å². The van der Waals surface area contributed by atoms with Gasteiger partial charge < -0.3 is 14.6 Å². The molecule has 1 N–H and O–H groups in total. The van der Waals surface area contributed by atoms with Crippen molar-refractivity contribution in [1.82, 2.24) is 14.8 Å². The standard InChI is InChI=1S/C15H18N4O/c1-19-11-17-18-15(19)13-7-2-3-8-14(13)16-10-12-6-4-5-9-20-12/h2-3,5,7-9,11-12,16H,4,6,10H2,1H3. The van der Waals surface area contributed by atoms with Gasteiger partial charge in [0.2, 0.25) is 0 Å². The van der Waals surface area contributed by atoms with E-state index in [1.807, 2.05) is 29.8 Å². The number of allylic oxidation sites excluding steroid dienone is 1. The summed E-state index contributed by atoms with van der Waals surface area (Å²) < 4.78 is 7.49. The van der Waals surface area contributed by atoms with Crippen LogP contribution in [0.15, 0.2) is 42.9 Å². The third-order valence-electron chi connectivity index (χ3n) is 3.42. The van der Waals surface area contributed by atoms with Gasteiger partial charge in [-0.1, -0.05) is 12.1 Å². The molecule has 5 nitrogen and oxygen atoms in total. The lowest BCUT2D eigenvalue weighted by atomic mass is 10.1. The van der Waals surface area contributed by atoms with E-state index in [1.165, 1.54) is 0 Å². The lowest BCUT2D eigenvalue weighted by Gasteiger charge is -2.21. The van der Waals surface area contributed by atoms with E-state index in [9.17, 15) is 0 Å². The molecule has 104 valence electrons. The quantitative estimate of drug-likeness (QED) is 0.927. The highest BCUT2D eigenvalue weighted by Crippen LogP contribution is 2.25. The van der Waals surface area contributed by atoms with E-state index in [0.29, 0.717) is 0 Å². The predicted octanol–water partition coefficient (Wildman–Crippen LogP) is 2.59. The Kier molecular flexibility index (Phi) is 3.67. The Bertz CT molecular complexity index is 605. The summed E-state index contributed by atoms with van der Waals surface area (Å²) in [6.07, 6.45) is 7.93. The number of rotatable bonds is 4. The Morgan fingerprint density at radius 3 is 3.05 bits per heavy atom. The molecule has 2 heterocycles. The molecule has 0 amide bonds. The second-order valence-corrected chi connectivity index (χ2v) is 4.90. The number of ether oxygens (including phenoxy) is 1. The van der Waals surface area contributed by atoms with Crippen LogP contribution in [-0.2, 0) is 11.8 Å². The van der Waals surface area contributed by atoms with Crippen LogP contribution in [0.5, 0.6) is 0 Å². The first-order valence-corrected chi connectivity index (χ1v) is 6.82. The average molecular weight is 270 g/mol. The molecule has 1 aliphatic heterocycles. The molecule has 3 rings (SSSR count). The number of anilines is 1. The summed E-state index contributed by atoms with van der Waals surface area (Å²) in [6.45, 7) is 0.791. The fourth-order valence-electron chi connectivity index (χ4n) is 2.32. The summed E-state index contributed by atoms with van der Waals surface area (Å²) in [4.78, 5) is 0. The van der Waals surface area contributed by atoms with Gasteiger partial charge in [0, 0.05) is 18.3 Å². The van der Waals surface area contributed by atoms with Gasteiger partial charge in [0.25, 0.3) is 0 Å². The Morgan fingerprint density at radius 1 is 1.40 bits per heavy atom. The molecule has 0 bridgehead atoms. The third kappa shape index (κ3) is 2.66. The van der Waals surface area contributed by atoms with Crippen molar-refractivity contribution in [2.24, 2.45) is 7.05 Å². The number of hydrogen-bond acceptors (Lipinski definition) is 4. The lowest BCUT2D eigenvalue weighted by Crippen LogP contribution is -2.23. The zero-order chi connectivity index (χ0) is 13.8. The molecule has 1 aliphatic rings. The highest BCUT2D eigenvalue weighted by atomic mass is 16.5. The van der Waals surface area contributed by atoms with Crippen molar-refractivity contribution < 1.29 is 4.74 Å². The molecule has 1 unspecified atom stereocenters.